The van der Waals surface area contributed by atoms with E-state index in [0.29, 0.717) is 12.1 Å². The van der Waals surface area contributed by atoms with Crippen LogP contribution in [-0.4, -0.2) is 32.0 Å². The number of nitrogens with one attached hydrogen (secondary N) is 1. The number of aryl methyl sites for hydroxylation is 1. The van der Waals surface area contributed by atoms with Gasteiger partial charge in [-0.15, -0.1) is 10.8 Å². The van der Waals surface area contributed by atoms with Crippen LogP contribution in [-0.2, 0) is 4.79 Å². The summed E-state index contributed by atoms with van der Waals surface area (Å²) in [6, 6.07) is 15.4. The maximum Gasteiger partial charge on any atom is 0.246 e. The van der Waals surface area contributed by atoms with Crippen molar-refractivity contribution in [1.82, 2.24) is 5.01 Å². The number of hydrogen-bond acceptors (Lipinski definition) is 5. The molecule has 0 fully saturated rings. The Morgan fingerprint density at radius 2 is 1.90 bits per heavy atom. The number of carbonyl (C=O) groups excluding carboxylic acids is 1. The predicted molar refractivity (Wildman–Crippen MR) is 125 cm³/mol. The highest BCUT2D eigenvalue weighted by Gasteiger charge is 2.36. The number of carbonyl (C=O) groups is 1. The molecule has 1 amide bonds. The highest BCUT2D eigenvalue weighted by atomic mass is 32.3. The SMILES string of the molecule is CCC(CC)C(=O)N1N=C(c2cccc(NS(C)(O)O)c2)C[C@H]1c1ccccc1C. The van der Waals surface area contributed by atoms with Crippen molar-refractivity contribution < 1.29 is 13.9 Å². The molecular weight excluding hydrogens is 398 g/mol. The van der Waals surface area contributed by atoms with Gasteiger partial charge in [-0.25, -0.2) is 5.01 Å². The molecule has 0 saturated carbocycles. The second-order valence-electron chi connectivity index (χ2n) is 7.84. The minimum absolute atomic E-state index is 0.0549. The topological polar surface area (TPSA) is 85.2 Å². The second kappa shape index (κ2) is 9.20. The third-order valence-electron chi connectivity index (χ3n) is 5.53. The number of hydrazone groups is 1. The lowest BCUT2D eigenvalue weighted by Gasteiger charge is -2.28. The molecule has 0 saturated heterocycles. The number of amides is 1. The van der Waals surface area contributed by atoms with Crippen LogP contribution >= 0.6 is 10.8 Å². The minimum atomic E-state index is -2.87. The number of nitrogens with zero attached hydrogens (tertiary/aromatic N) is 2. The summed E-state index contributed by atoms with van der Waals surface area (Å²) >= 11 is 0. The van der Waals surface area contributed by atoms with Crippen LogP contribution in [0.2, 0.25) is 0 Å². The van der Waals surface area contributed by atoms with E-state index in [1.54, 1.807) is 11.1 Å². The normalized spacial score (nSPS) is 17.2. The third-order valence-corrected chi connectivity index (χ3v) is 6.15. The first-order valence-electron chi connectivity index (χ1n) is 10.3. The van der Waals surface area contributed by atoms with Crippen molar-refractivity contribution in [1.29, 1.82) is 0 Å². The Morgan fingerprint density at radius 3 is 2.53 bits per heavy atom. The summed E-state index contributed by atoms with van der Waals surface area (Å²) in [7, 11) is -2.87. The molecule has 30 heavy (non-hydrogen) atoms. The first-order valence-corrected chi connectivity index (χ1v) is 12.3. The third kappa shape index (κ3) is 5.03. The Morgan fingerprint density at radius 1 is 1.20 bits per heavy atom. The van der Waals surface area contributed by atoms with Crippen molar-refractivity contribution in [2.75, 3.05) is 11.0 Å². The first kappa shape index (κ1) is 22.3. The Hall–Kier alpha value is -2.35. The smallest absolute Gasteiger partial charge is 0.246 e. The molecule has 2 aromatic rings. The molecule has 1 aliphatic heterocycles. The molecule has 3 N–H and O–H groups in total. The van der Waals surface area contributed by atoms with Crippen LogP contribution < -0.4 is 4.72 Å². The van der Waals surface area contributed by atoms with E-state index < -0.39 is 10.8 Å². The molecule has 0 radical (unpaired) electrons. The molecule has 0 aliphatic carbocycles. The van der Waals surface area contributed by atoms with Gasteiger partial charge >= 0.3 is 0 Å². The predicted octanol–water partition coefficient (Wildman–Crippen LogP) is 5.82. The maximum atomic E-state index is 13.3. The highest BCUT2D eigenvalue weighted by molar-refractivity contribution is 8.24. The number of rotatable bonds is 7. The zero-order chi connectivity index (χ0) is 21.9. The fourth-order valence-corrected chi connectivity index (χ4v) is 4.47. The van der Waals surface area contributed by atoms with Gasteiger partial charge < -0.3 is 0 Å². The lowest BCUT2D eigenvalue weighted by Crippen LogP contribution is -2.32. The van der Waals surface area contributed by atoms with Crippen LogP contribution in [0.25, 0.3) is 0 Å². The van der Waals surface area contributed by atoms with E-state index >= 15 is 0 Å². The average molecular weight is 430 g/mol. The molecule has 2 aromatic carbocycles. The molecule has 0 spiro atoms. The van der Waals surface area contributed by atoms with Crippen LogP contribution in [0.4, 0.5) is 5.69 Å². The molecule has 7 heteroatoms. The largest absolute Gasteiger partial charge is 0.285 e. The molecule has 6 nitrogen and oxygen atoms in total. The van der Waals surface area contributed by atoms with Crippen molar-refractivity contribution >= 4 is 28.1 Å². The van der Waals surface area contributed by atoms with Crippen LogP contribution in [0.1, 0.15) is 55.8 Å². The zero-order valence-corrected chi connectivity index (χ0v) is 18.8. The van der Waals surface area contributed by atoms with Crippen molar-refractivity contribution in [2.45, 2.75) is 46.1 Å². The Labute approximate surface area is 180 Å². The van der Waals surface area contributed by atoms with Crippen LogP contribution in [0.3, 0.4) is 0 Å². The number of benzene rings is 2. The monoisotopic (exact) mass is 429 g/mol. The molecular formula is C23H31N3O3S. The fourth-order valence-electron chi connectivity index (χ4n) is 3.90. The van der Waals surface area contributed by atoms with Gasteiger partial charge in [-0.3, -0.25) is 18.6 Å². The van der Waals surface area contributed by atoms with E-state index in [4.69, 9.17) is 5.10 Å². The van der Waals surface area contributed by atoms with Crippen molar-refractivity contribution in [3.63, 3.8) is 0 Å². The minimum Gasteiger partial charge on any atom is -0.285 e. The lowest BCUT2D eigenvalue weighted by molar-refractivity contribution is -0.137. The molecule has 0 unspecified atom stereocenters. The lowest BCUT2D eigenvalue weighted by atomic mass is 9.94. The first-order chi connectivity index (χ1) is 14.2. The van der Waals surface area contributed by atoms with E-state index in [0.717, 1.165) is 35.2 Å². The van der Waals surface area contributed by atoms with E-state index in [-0.39, 0.29) is 17.9 Å². The summed E-state index contributed by atoms with van der Waals surface area (Å²) < 4.78 is 22.2. The Bertz CT molecular complexity index is 935. The summed E-state index contributed by atoms with van der Waals surface area (Å²) in [4.78, 5) is 13.3. The number of anilines is 1. The molecule has 0 bridgehead atoms. The van der Waals surface area contributed by atoms with Gasteiger partial charge in [0.25, 0.3) is 0 Å². The van der Waals surface area contributed by atoms with Gasteiger partial charge in [-0.2, -0.15) is 5.10 Å². The number of hydrogen-bond donors (Lipinski definition) is 3. The summed E-state index contributed by atoms with van der Waals surface area (Å²) in [5, 5.41) is 6.44. The molecule has 1 atom stereocenters. The van der Waals surface area contributed by atoms with Gasteiger partial charge in [0.1, 0.15) is 0 Å². The quantitative estimate of drug-likeness (QED) is 0.518. The maximum absolute atomic E-state index is 13.3. The average Bonchev–Trinajstić information content (AvgIpc) is 3.13. The summed E-state index contributed by atoms with van der Waals surface area (Å²) in [6.07, 6.45) is 3.52. The molecule has 1 heterocycles. The van der Waals surface area contributed by atoms with Gasteiger partial charge in [0.15, 0.2) is 0 Å². The van der Waals surface area contributed by atoms with Gasteiger partial charge in [0.05, 0.1) is 17.4 Å². The molecule has 1 aliphatic rings. The summed E-state index contributed by atoms with van der Waals surface area (Å²) in [6.45, 7) is 6.13. The van der Waals surface area contributed by atoms with Crippen LogP contribution in [0, 0.1) is 12.8 Å². The second-order valence-corrected chi connectivity index (χ2v) is 9.71. The molecule has 3 rings (SSSR count). The molecule has 0 aromatic heterocycles. The van der Waals surface area contributed by atoms with Gasteiger partial charge in [0.2, 0.25) is 5.91 Å². The van der Waals surface area contributed by atoms with Crippen LogP contribution in [0.5, 0.6) is 0 Å². The van der Waals surface area contributed by atoms with Crippen molar-refractivity contribution in [3.8, 4) is 0 Å². The van der Waals surface area contributed by atoms with Gasteiger partial charge in [0, 0.05) is 18.6 Å². The summed E-state index contributed by atoms with van der Waals surface area (Å²) in [5.74, 6) is 0.000901. The van der Waals surface area contributed by atoms with Crippen LogP contribution in [0.15, 0.2) is 53.6 Å². The Balaban J connectivity index is 1.98. The molecule has 162 valence electrons. The van der Waals surface area contributed by atoms with E-state index in [1.807, 2.05) is 44.2 Å². The van der Waals surface area contributed by atoms with E-state index in [2.05, 4.69) is 23.8 Å². The standard InChI is InChI=1S/C23H31N3O3S/c1-5-17(6-2)23(27)26-22(20-13-8-7-10-16(20)3)15-21(24-26)18-11-9-12-19(14-18)25-30(4,28)29/h7-14,17,22,25,28-29H,5-6,15H2,1-4H3/t22-/m0/s1. The fraction of sp³-hybridized carbons (Fsp3) is 0.391. The zero-order valence-electron chi connectivity index (χ0n) is 18.0. The van der Waals surface area contributed by atoms with Gasteiger partial charge in [-0.1, -0.05) is 50.2 Å². The van der Waals surface area contributed by atoms with E-state index in [1.165, 1.54) is 6.26 Å². The van der Waals surface area contributed by atoms with Gasteiger partial charge in [-0.05, 0) is 48.6 Å². The Kier molecular flexibility index (Phi) is 6.85. The van der Waals surface area contributed by atoms with Crippen molar-refractivity contribution in [2.24, 2.45) is 11.0 Å². The van der Waals surface area contributed by atoms with Crippen molar-refractivity contribution in [3.05, 3.63) is 65.2 Å². The summed E-state index contributed by atoms with van der Waals surface area (Å²) in [5.41, 5.74) is 4.53. The van der Waals surface area contributed by atoms with E-state index in [9.17, 15) is 13.9 Å². The highest BCUT2D eigenvalue weighted by Crippen LogP contribution is 2.38.